The van der Waals surface area contributed by atoms with Crippen molar-refractivity contribution in [2.75, 3.05) is 19.6 Å². The highest BCUT2D eigenvalue weighted by molar-refractivity contribution is 6.45. The number of hydrogen-bond acceptors (Lipinski definition) is 3. The highest BCUT2D eigenvalue weighted by atomic mass is 16.2. The Morgan fingerprint density at radius 2 is 1.77 bits per heavy atom. The number of aromatic nitrogens is 1. The molecule has 26 heavy (non-hydrogen) atoms. The van der Waals surface area contributed by atoms with Crippen molar-refractivity contribution in [1.82, 2.24) is 14.8 Å². The van der Waals surface area contributed by atoms with Crippen molar-refractivity contribution in [2.45, 2.75) is 40.2 Å². The van der Waals surface area contributed by atoms with Gasteiger partial charge in [0.2, 0.25) is 5.91 Å². The first kappa shape index (κ1) is 19.7. The summed E-state index contributed by atoms with van der Waals surface area (Å²) < 4.78 is 1.75. The van der Waals surface area contributed by atoms with Gasteiger partial charge in [0.25, 0.3) is 11.7 Å². The smallest absolute Gasteiger partial charge is 0.292 e. The Balaban J connectivity index is 2.30. The van der Waals surface area contributed by atoms with E-state index in [9.17, 15) is 14.4 Å². The van der Waals surface area contributed by atoms with Gasteiger partial charge in [0, 0.05) is 36.7 Å². The number of hydrogen-bond donors (Lipinski definition) is 1. The number of carbonyl (C=O) groups is 3. The first-order valence-corrected chi connectivity index (χ1v) is 9.21. The van der Waals surface area contributed by atoms with Crippen LogP contribution in [0.15, 0.2) is 30.5 Å². The first-order valence-electron chi connectivity index (χ1n) is 9.21. The van der Waals surface area contributed by atoms with E-state index in [1.54, 1.807) is 21.7 Å². The van der Waals surface area contributed by atoms with Gasteiger partial charge in [-0.1, -0.05) is 31.5 Å². The standard InChI is InChI=1S/C20H27N3O3/c1-4-7-12-21-20(26)19(25)16-13-23(14-18(24)22(5-2)6-3)17-11-9-8-10-15(16)17/h8-11,13H,4-7,12,14H2,1-3H3,(H,21,26). The lowest BCUT2D eigenvalue weighted by Crippen LogP contribution is -2.33. The molecule has 0 spiro atoms. The van der Waals surface area contributed by atoms with Crippen LogP contribution in [0.4, 0.5) is 0 Å². The summed E-state index contributed by atoms with van der Waals surface area (Å²) in [6.07, 6.45) is 3.40. The van der Waals surface area contributed by atoms with Crippen LogP contribution in [0, 0.1) is 0 Å². The Bertz CT molecular complexity index is 791. The van der Waals surface area contributed by atoms with Gasteiger partial charge in [0.05, 0.1) is 5.56 Å². The molecular weight excluding hydrogens is 330 g/mol. The van der Waals surface area contributed by atoms with E-state index in [0.29, 0.717) is 30.6 Å². The summed E-state index contributed by atoms with van der Waals surface area (Å²) in [7, 11) is 0. The minimum Gasteiger partial charge on any atom is -0.349 e. The van der Waals surface area contributed by atoms with Crippen LogP contribution in [0.2, 0.25) is 0 Å². The molecule has 6 heteroatoms. The van der Waals surface area contributed by atoms with Crippen molar-refractivity contribution in [3.05, 3.63) is 36.0 Å². The van der Waals surface area contributed by atoms with Crippen LogP contribution in [0.1, 0.15) is 44.0 Å². The summed E-state index contributed by atoms with van der Waals surface area (Å²) in [5.74, 6) is -1.18. The zero-order valence-electron chi connectivity index (χ0n) is 15.7. The van der Waals surface area contributed by atoms with E-state index in [2.05, 4.69) is 5.32 Å². The fraction of sp³-hybridized carbons (Fsp3) is 0.450. The Labute approximate surface area is 154 Å². The van der Waals surface area contributed by atoms with Crippen LogP contribution in [0.25, 0.3) is 10.9 Å². The molecule has 0 bridgehead atoms. The average Bonchev–Trinajstić information content (AvgIpc) is 3.01. The zero-order valence-corrected chi connectivity index (χ0v) is 15.7. The van der Waals surface area contributed by atoms with Crippen molar-refractivity contribution in [3.63, 3.8) is 0 Å². The van der Waals surface area contributed by atoms with Crippen LogP contribution in [0.3, 0.4) is 0 Å². The third-order valence-electron chi connectivity index (χ3n) is 4.48. The first-order chi connectivity index (χ1) is 12.5. The average molecular weight is 357 g/mol. The van der Waals surface area contributed by atoms with E-state index in [1.807, 2.05) is 39.0 Å². The minimum atomic E-state index is -0.601. The molecule has 0 saturated heterocycles. The number of fused-ring (bicyclic) bond motifs is 1. The number of Topliss-reactive ketones (excluding diaryl/α,β-unsaturated/α-hetero) is 1. The van der Waals surface area contributed by atoms with E-state index >= 15 is 0 Å². The van der Waals surface area contributed by atoms with Gasteiger partial charge < -0.3 is 14.8 Å². The molecule has 140 valence electrons. The van der Waals surface area contributed by atoms with Gasteiger partial charge >= 0.3 is 0 Å². The van der Waals surface area contributed by atoms with Gasteiger partial charge in [-0.05, 0) is 26.3 Å². The van der Waals surface area contributed by atoms with E-state index < -0.39 is 11.7 Å². The monoisotopic (exact) mass is 357 g/mol. The van der Waals surface area contributed by atoms with Gasteiger partial charge in [-0.25, -0.2) is 0 Å². The molecule has 1 heterocycles. The van der Waals surface area contributed by atoms with E-state index in [4.69, 9.17) is 0 Å². The molecule has 0 radical (unpaired) electrons. The fourth-order valence-electron chi connectivity index (χ4n) is 2.96. The molecule has 1 aromatic heterocycles. The number of nitrogens with one attached hydrogen (secondary N) is 1. The normalized spacial score (nSPS) is 10.7. The minimum absolute atomic E-state index is 0.0119. The molecule has 0 aliphatic carbocycles. The number of benzene rings is 1. The molecule has 0 fully saturated rings. The van der Waals surface area contributed by atoms with E-state index in [-0.39, 0.29) is 12.5 Å². The highest BCUT2D eigenvalue weighted by Gasteiger charge is 2.22. The number of nitrogens with zero attached hydrogens (tertiary/aromatic N) is 2. The van der Waals surface area contributed by atoms with Crippen molar-refractivity contribution in [2.24, 2.45) is 0 Å². The SMILES string of the molecule is CCCCNC(=O)C(=O)c1cn(CC(=O)N(CC)CC)c2ccccc12. The summed E-state index contributed by atoms with van der Waals surface area (Å²) in [5, 5.41) is 3.35. The Kier molecular flexibility index (Phi) is 6.95. The van der Waals surface area contributed by atoms with Gasteiger partial charge in [0.1, 0.15) is 6.54 Å². The second-order valence-corrected chi connectivity index (χ2v) is 6.19. The number of rotatable bonds is 9. The molecule has 2 aromatic rings. The fourth-order valence-corrected chi connectivity index (χ4v) is 2.96. The predicted molar refractivity (Wildman–Crippen MR) is 102 cm³/mol. The number of unbranched alkanes of at least 4 members (excludes halogenated alkanes) is 1. The maximum Gasteiger partial charge on any atom is 0.292 e. The lowest BCUT2D eigenvalue weighted by atomic mass is 10.1. The summed E-state index contributed by atoms with van der Waals surface area (Å²) in [5.41, 5.74) is 1.11. The van der Waals surface area contributed by atoms with Gasteiger partial charge in [-0.3, -0.25) is 14.4 Å². The van der Waals surface area contributed by atoms with Gasteiger partial charge in [-0.15, -0.1) is 0 Å². The van der Waals surface area contributed by atoms with Crippen molar-refractivity contribution < 1.29 is 14.4 Å². The lowest BCUT2D eigenvalue weighted by Gasteiger charge is -2.19. The van der Waals surface area contributed by atoms with Crippen molar-refractivity contribution in [1.29, 1.82) is 0 Å². The molecule has 0 unspecified atom stereocenters. The van der Waals surface area contributed by atoms with Gasteiger partial charge in [-0.2, -0.15) is 0 Å². The van der Waals surface area contributed by atoms with Crippen LogP contribution >= 0.6 is 0 Å². The van der Waals surface area contributed by atoms with Crippen molar-refractivity contribution in [3.8, 4) is 0 Å². The van der Waals surface area contributed by atoms with Crippen LogP contribution in [-0.2, 0) is 16.1 Å². The third-order valence-corrected chi connectivity index (χ3v) is 4.48. The number of amides is 2. The van der Waals surface area contributed by atoms with Crippen LogP contribution < -0.4 is 5.32 Å². The molecule has 0 aliphatic rings. The zero-order chi connectivity index (χ0) is 19.1. The molecule has 6 nitrogen and oxygen atoms in total. The molecule has 1 aromatic carbocycles. The summed E-state index contributed by atoms with van der Waals surface area (Å²) >= 11 is 0. The summed E-state index contributed by atoms with van der Waals surface area (Å²) in [4.78, 5) is 38.9. The maximum atomic E-state index is 12.6. The molecule has 2 rings (SSSR count). The summed E-state index contributed by atoms with van der Waals surface area (Å²) in [6, 6.07) is 7.35. The highest BCUT2D eigenvalue weighted by Crippen LogP contribution is 2.22. The molecular formula is C20H27N3O3. The van der Waals surface area contributed by atoms with Crippen molar-refractivity contribution >= 4 is 28.5 Å². The Morgan fingerprint density at radius 3 is 2.42 bits per heavy atom. The molecule has 0 aliphatic heterocycles. The van der Waals surface area contributed by atoms with Crippen LogP contribution in [-0.4, -0.2) is 46.7 Å². The van der Waals surface area contributed by atoms with E-state index in [1.165, 1.54) is 0 Å². The number of carbonyl (C=O) groups excluding carboxylic acids is 3. The second kappa shape index (κ2) is 9.17. The molecule has 2 amide bonds. The Morgan fingerprint density at radius 1 is 1.08 bits per heavy atom. The maximum absolute atomic E-state index is 12.6. The number of ketones is 1. The second-order valence-electron chi connectivity index (χ2n) is 6.19. The molecule has 0 saturated carbocycles. The number of likely N-dealkylation sites (N-methyl/N-ethyl adjacent to an activating group) is 1. The number of para-hydroxylation sites is 1. The van der Waals surface area contributed by atoms with Crippen LogP contribution in [0.5, 0.6) is 0 Å². The molecule has 1 N–H and O–H groups in total. The predicted octanol–water partition coefficient (Wildman–Crippen LogP) is 2.61. The largest absolute Gasteiger partial charge is 0.349 e. The topological polar surface area (TPSA) is 71.4 Å². The molecule has 0 atom stereocenters. The Hall–Kier alpha value is -2.63. The van der Waals surface area contributed by atoms with Gasteiger partial charge in [0.15, 0.2) is 0 Å². The quantitative estimate of drug-likeness (QED) is 0.426. The summed E-state index contributed by atoms with van der Waals surface area (Å²) in [6.45, 7) is 7.80. The third kappa shape index (κ3) is 4.31. The lowest BCUT2D eigenvalue weighted by molar-refractivity contribution is -0.131. The van der Waals surface area contributed by atoms with E-state index in [0.717, 1.165) is 18.4 Å².